The summed E-state index contributed by atoms with van der Waals surface area (Å²) in [6.07, 6.45) is 6.95. The number of unbranched alkanes of at least 4 members (excludes halogenated alkanes) is 1. The van der Waals surface area contributed by atoms with Crippen molar-refractivity contribution in [2.75, 3.05) is 13.2 Å². The molecule has 0 bridgehead atoms. The van der Waals surface area contributed by atoms with Crippen molar-refractivity contribution in [2.45, 2.75) is 45.6 Å². The summed E-state index contributed by atoms with van der Waals surface area (Å²) in [5, 5.41) is 12.1. The molecule has 1 aliphatic carbocycles. The highest BCUT2D eigenvalue weighted by Crippen LogP contribution is 2.19. The van der Waals surface area contributed by atoms with Gasteiger partial charge in [-0.2, -0.15) is 0 Å². The number of rotatable bonds is 8. The minimum atomic E-state index is 0.0741. The van der Waals surface area contributed by atoms with E-state index < -0.39 is 0 Å². The first-order valence-electron chi connectivity index (χ1n) is 8.37. The van der Waals surface area contributed by atoms with Crippen molar-refractivity contribution in [2.24, 2.45) is 5.92 Å². The van der Waals surface area contributed by atoms with Crippen molar-refractivity contribution in [1.29, 1.82) is 0 Å². The molecule has 4 nitrogen and oxygen atoms in total. The molecule has 0 spiro atoms. The molecule has 0 fully saturated rings. The highest BCUT2D eigenvalue weighted by Gasteiger charge is 2.19. The van der Waals surface area contributed by atoms with E-state index in [2.05, 4.69) is 24.4 Å². The molecule has 2 N–H and O–H groups in total. The number of hydrogen-bond donors (Lipinski definition) is 2. The molecule has 1 aliphatic rings. The summed E-state index contributed by atoms with van der Waals surface area (Å²) >= 11 is 0. The second-order valence-electron chi connectivity index (χ2n) is 6.31. The van der Waals surface area contributed by atoms with E-state index in [1.165, 1.54) is 5.56 Å². The van der Waals surface area contributed by atoms with Gasteiger partial charge in [0.25, 0.3) is 0 Å². The van der Waals surface area contributed by atoms with Crippen molar-refractivity contribution in [3.05, 3.63) is 41.5 Å². The van der Waals surface area contributed by atoms with Gasteiger partial charge in [-0.25, -0.2) is 0 Å². The number of amides is 1. The molecule has 23 heavy (non-hydrogen) atoms. The molecular weight excluding hydrogens is 290 g/mol. The molecule has 4 heteroatoms. The van der Waals surface area contributed by atoms with Crippen LogP contribution in [0.15, 0.2) is 30.4 Å². The molecule has 2 rings (SSSR count). The Kier molecular flexibility index (Phi) is 6.66. The molecule has 2 atom stereocenters. The number of hydrogen-bond acceptors (Lipinski definition) is 3. The van der Waals surface area contributed by atoms with Gasteiger partial charge in [0.05, 0.1) is 6.61 Å². The summed E-state index contributed by atoms with van der Waals surface area (Å²) in [6.45, 7) is 4.87. The molecule has 1 amide bonds. The summed E-state index contributed by atoms with van der Waals surface area (Å²) in [4.78, 5) is 11.9. The monoisotopic (exact) mass is 317 g/mol. The maximum atomic E-state index is 11.9. The number of benzene rings is 1. The van der Waals surface area contributed by atoms with Crippen LogP contribution in [0.4, 0.5) is 0 Å². The zero-order chi connectivity index (χ0) is 16.7. The van der Waals surface area contributed by atoms with Crippen LogP contribution in [0.5, 0.6) is 5.75 Å². The van der Waals surface area contributed by atoms with Crippen LogP contribution in [0.25, 0.3) is 0 Å². The lowest BCUT2D eigenvalue weighted by atomic mass is 10.1. The largest absolute Gasteiger partial charge is 0.493 e. The van der Waals surface area contributed by atoms with Gasteiger partial charge < -0.3 is 15.2 Å². The minimum absolute atomic E-state index is 0.0741. The number of aliphatic hydroxyl groups is 1. The number of aryl methyl sites for hydroxylation is 2. The molecule has 0 radical (unpaired) electrons. The van der Waals surface area contributed by atoms with Crippen LogP contribution in [0.2, 0.25) is 0 Å². The summed E-state index contributed by atoms with van der Waals surface area (Å²) in [7, 11) is 0. The van der Waals surface area contributed by atoms with Crippen molar-refractivity contribution in [3.63, 3.8) is 0 Å². The van der Waals surface area contributed by atoms with Gasteiger partial charge in [-0.15, -0.1) is 0 Å². The van der Waals surface area contributed by atoms with Gasteiger partial charge in [0, 0.05) is 25.0 Å². The van der Waals surface area contributed by atoms with Gasteiger partial charge in [0.15, 0.2) is 0 Å². The SMILES string of the molecule is Cc1ccc(C)c(OCCCCC(=O)N[C@@H]2C=C[C@H](CO)C2)c1. The summed E-state index contributed by atoms with van der Waals surface area (Å²) in [5.74, 6) is 1.19. The van der Waals surface area contributed by atoms with Crippen molar-refractivity contribution >= 4 is 5.91 Å². The Morgan fingerprint density at radius 1 is 1.30 bits per heavy atom. The topological polar surface area (TPSA) is 58.6 Å². The second-order valence-corrected chi connectivity index (χ2v) is 6.31. The second kappa shape index (κ2) is 8.73. The van der Waals surface area contributed by atoms with E-state index in [0.29, 0.717) is 13.0 Å². The van der Waals surface area contributed by atoms with Gasteiger partial charge in [0.2, 0.25) is 5.91 Å². The molecule has 0 saturated carbocycles. The smallest absolute Gasteiger partial charge is 0.220 e. The first kappa shape index (κ1) is 17.5. The van der Waals surface area contributed by atoms with E-state index in [4.69, 9.17) is 9.84 Å². The van der Waals surface area contributed by atoms with Crippen molar-refractivity contribution < 1.29 is 14.6 Å². The van der Waals surface area contributed by atoms with E-state index in [9.17, 15) is 4.79 Å². The molecular formula is C19H27NO3. The molecule has 0 aromatic heterocycles. The summed E-state index contributed by atoms with van der Waals surface area (Å²) in [5.41, 5.74) is 2.33. The molecule has 0 saturated heterocycles. The maximum Gasteiger partial charge on any atom is 0.220 e. The quantitative estimate of drug-likeness (QED) is 0.572. The van der Waals surface area contributed by atoms with Crippen molar-refractivity contribution in [3.8, 4) is 5.75 Å². The highest BCUT2D eigenvalue weighted by molar-refractivity contribution is 5.76. The third-order valence-electron chi connectivity index (χ3n) is 4.15. The zero-order valence-corrected chi connectivity index (χ0v) is 14.0. The average Bonchev–Trinajstić information content (AvgIpc) is 2.97. The first-order valence-corrected chi connectivity index (χ1v) is 8.37. The fourth-order valence-electron chi connectivity index (χ4n) is 2.73. The standard InChI is InChI=1S/C19H27NO3/c1-14-6-7-15(2)18(11-14)23-10-4-3-5-19(22)20-17-9-8-16(12-17)13-21/h6-9,11,16-17,21H,3-5,10,12-13H2,1-2H3,(H,20,22)/t16-,17+/m0/s1. The van der Waals surface area contributed by atoms with Gasteiger partial charge >= 0.3 is 0 Å². The zero-order valence-electron chi connectivity index (χ0n) is 14.0. The molecule has 0 heterocycles. The number of carbonyl (C=O) groups is 1. The van der Waals surface area contributed by atoms with Gasteiger partial charge in [-0.3, -0.25) is 4.79 Å². The van der Waals surface area contributed by atoms with Crippen LogP contribution < -0.4 is 10.1 Å². The highest BCUT2D eigenvalue weighted by atomic mass is 16.5. The third-order valence-corrected chi connectivity index (χ3v) is 4.15. The summed E-state index contributed by atoms with van der Waals surface area (Å²) in [6, 6.07) is 6.26. The predicted molar refractivity (Wildman–Crippen MR) is 91.5 cm³/mol. The van der Waals surface area contributed by atoms with Gasteiger partial charge in [-0.05, 0) is 50.3 Å². The van der Waals surface area contributed by atoms with Crippen LogP contribution in [0.1, 0.15) is 36.8 Å². The van der Waals surface area contributed by atoms with E-state index in [1.54, 1.807) is 0 Å². The van der Waals surface area contributed by atoms with Crippen LogP contribution in [-0.4, -0.2) is 30.3 Å². The van der Waals surface area contributed by atoms with E-state index in [0.717, 1.165) is 30.6 Å². The lowest BCUT2D eigenvalue weighted by Gasteiger charge is -2.13. The molecule has 0 aliphatic heterocycles. The number of nitrogens with one attached hydrogen (secondary N) is 1. The Bertz CT molecular complexity index is 554. The molecule has 0 unspecified atom stereocenters. The number of ether oxygens (including phenoxy) is 1. The fourth-order valence-corrected chi connectivity index (χ4v) is 2.73. The van der Waals surface area contributed by atoms with E-state index in [-0.39, 0.29) is 24.5 Å². The third kappa shape index (κ3) is 5.71. The average molecular weight is 317 g/mol. The Hall–Kier alpha value is -1.81. The Balaban J connectivity index is 1.59. The number of carbonyl (C=O) groups excluding carboxylic acids is 1. The van der Waals surface area contributed by atoms with Gasteiger partial charge in [0.1, 0.15) is 5.75 Å². The Morgan fingerprint density at radius 2 is 2.13 bits per heavy atom. The van der Waals surface area contributed by atoms with Crippen LogP contribution in [0, 0.1) is 19.8 Å². The lowest BCUT2D eigenvalue weighted by Crippen LogP contribution is -2.32. The molecule has 1 aromatic rings. The Labute approximate surface area is 138 Å². The van der Waals surface area contributed by atoms with E-state index in [1.807, 2.05) is 25.1 Å². The normalized spacial score (nSPS) is 19.8. The molecule has 126 valence electrons. The van der Waals surface area contributed by atoms with Crippen LogP contribution >= 0.6 is 0 Å². The predicted octanol–water partition coefficient (Wildman–Crippen LogP) is 2.91. The lowest BCUT2D eigenvalue weighted by molar-refractivity contribution is -0.121. The number of aliphatic hydroxyl groups excluding tert-OH is 1. The minimum Gasteiger partial charge on any atom is -0.493 e. The summed E-state index contributed by atoms with van der Waals surface area (Å²) < 4.78 is 5.79. The van der Waals surface area contributed by atoms with Gasteiger partial charge in [-0.1, -0.05) is 24.3 Å². The Morgan fingerprint density at radius 3 is 2.87 bits per heavy atom. The molecule has 1 aromatic carbocycles. The maximum absolute atomic E-state index is 11.9. The van der Waals surface area contributed by atoms with E-state index >= 15 is 0 Å². The van der Waals surface area contributed by atoms with Crippen molar-refractivity contribution in [1.82, 2.24) is 5.32 Å². The first-order chi connectivity index (χ1) is 11.1. The van der Waals surface area contributed by atoms with Crippen LogP contribution in [0.3, 0.4) is 0 Å². The van der Waals surface area contributed by atoms with Crippen LogP contribution in [-0.2, 0) is 4.79 Å². The fraction of sp³-hybridized carbons (Fsp3) is 0.526.